The average molecular weight is 249 g/mol. The first-order chi connectivity index (χ1) is 6.84. The summed E-state index contributed by atoms with van der Waals surface area (Å²) in [4.78, 5) is 10.4. The number of rotatable bonds is 2. The molecular weight excluding hydrogens is 235 g/mol. The Bertz CT molecular complexity index is 302. The van der Waals surface area contributed by atoms with E-state index in [0.717, 1.165) is 38.4 Å². The van der Waals surface area contributed by atoms with Crippen LogP contribution in [0.2, 0.25) is 5.28 Å². The molecule has 1 aromatic heterocycles. The van der Waals surface area contributed by atoms with Crippen molar-refractivity contribution in [2.75, 3.05) is 26.2 Å². The molecular formula is C9H14Cl2N4. The van der Waals surface area contributed by atoms with E-state index in [2.05, 4.69) is 20.2 Å². The Morgan fingerprint density at radius 3 is 2.80 bits per heavy atom. The normalized spacial score (nSPS) is 17.1. The molecule has 15 heavy (non-hydrogen) atoms. The maximum Gasteiger partial charge on any atom is 0.222 e. The van der Waals surface area contributed by atoms with E-state index in [1.54, 1.807) is 6.20 Å². The quantitative estimate of drug-likeness (QED) is 0.792. The molecule has 84 valence electrons. The number of aromatic nitrogens is 2. The maximum absolute atomic E-state index is 5.71. The van der Waals surface area contributed by atoms with Gasteiger partial charge in [0, 0.05) is 38.9 Å². The van der Waals surface area contributed by atoms with Gasteiger partial charge in [-0.15, -0.1) is 12.4 Å². The van der Waals surface area contributed by atoms with E-state index < -0.39 is 0 Å². The van der Waals surface area contributed by atoms with Gasteiger partial charge in [-0.3, -0.25) is 4.90 Å². The molecule has 1 saturated heterocycles. The van der Waals surface area contributed by atoms with Crippen molar-refractivity contribution in [3.63, 3.8) is 0 Å². The third kappa shape index (κ3) is 3.91. The first-order valence-corrected chi connectivity index (χ1v) is 5.13. The van der Waals surface area contributed by atoms with Crippen LogP contribution in [0.4, 0.5) is 0 Å². The Morgan fingerprint density at radius 1 is 1.40 bits per heavy atom. The number of piperazine rings is 1. The second-order valence-corrected chi connectivity index (χ2v) is 3.68. The van der Waals surface area contributed by atoms with Crippen LogP contribution in [-0.4, -0.2) is 41.0 Å². The minimum Gasteiger partial charge on any atom is -0.314 e. The first-order valence-electron chi connectivity index (χ1n) is 4.75. The summed E-state index contributed by atoms with van der Waals surface area (Å²) in [6.45, 7) is 5.12. The van der Waals surface area contributed by atoms with Crippen molar-refractivity contribution >= 4 is 24.0 Å². The summed E-state index contributed by atoms with van der Waals surface area (Å²) in [6, 6.07) is 1.91. The van der Waals surface area contributed by atoms with Crippen LogP contribution in [0.25, 0.3) is 0 Å². The molecule has 0 radical (unpaired) electrons. The molecule has 0 aliphatic carbocycles. The molecule has 0 atom stereocenters. The fourth-order valence-electron chi connectivity index (χ4n) is 1.56. The Morgan fingerprint density at radius 2 is 2.13 bits per heavy atom. The van der Waals surface area contributed by atoms with Crippen molar-refractivity contribution in [2.24, 2.45) is 0 Å². The zero-order valence-corrected chi connectivity index (χ0v) is 9.89. The molecule has 0 saturated carbocycles. The summed E-state index contributed by atoms with van der Waals surface area (Å²) in [7, 11) is 0. The van der Waals surface area contributed by atoms with E-state index in [9.17, 15) is 0 Å². The van der Waals surface area contributed by atoms with Crippen LogP contribution in [0, 0.1) is 0 Å². The molecule has 0 unspecified atom stereocenters. The van der Waals surface area contributed by atoms with Crippen molar-refractivity contribution in [1.82, 2.24) is 20.2 Å². The van der Waals surface area contributed by atoms with Crippen LogP contribution in [0.3, 0.4) is 0 Å². The highest BCUT2D eigenvalue weighted by molar-refractivity contribution is 6.28. The van der Waals surface area contributed by atoms with Crippen LogP contribution in [0.15, 0.2) is 12.3 Å². The molecule has 2 heterocycles. The molecule has 0 bridgehead atoms. The topological polar surface area (TPSA) is 41.1 Å². The van der Waals surface area contributed by atoms with E-state index in [1.807, 2.05) is 6.07 Å². The molecule has 1 N–H and O–H groups in total. The van der Waals surface area contributed by atoms with E-state index in [0.29, 0.717) is 5.28 Å². The van der Waals surface area contributed by atoms with Gasteiger partial charge in [0.15, 0.2) is 0 Å². The zero-order chi connectivity index (χ0) is 9.80. The third-order valence-electron chi connectivity index (χ3n) is 2.28. The Hall–Kier alpha value is -0.420. The molecule has 2 rings (SSSR count). The van der Waals surface area contributed by atoms with Crippen molar-refractivity contribution in [3.8, 4) is 0 Å². The lowest BCUT2D eigenvalue weighted by Gasteiger charge is -2.26. The van der Waals surface area contributed by atoms with Gasteiger partial charge in [0.05, 0.1) is 5.69 Å². The second-order valence-electron chi connectivity index (χ2n) is 3.34. The molecule has 1 aliphatic rings. The highest BCUT2D eigenvalue weighted by atomic mass is 35.5. The summed E-state index contributed by atoms with van der Waals surface area (Å²) in [5.41, 5.74) is 0.993. The Kier molecular flexibility index (Phi) is 5.25. The van der Waals surface area contributed by atoms with Crippen LogP contribution >= 0.6 is 24.0 Å². The molecule has 1 aromatic rings. The lowest BCUT2D eigenvalue weighted by molar-refractivity contribution is 0.230. The van der Waals surface area contributed by atoms with Crippen LogP contribution in [-0.2, 0) is 6.54 Å². The van der Waals surface area contributed by atoms with Crippen molar-refractivity contribution in [3.05, 3.63) is 23.2 Å². The number of hydrogen-bond acceptors (Lipinski definition) is 4. The SMILES string of the molecule is Cl.Clc1nccc(CN2CCNCC2)n1. The van der Waals surface area contributed by atoms with Crippen molar-refractivity contribution in [2.45, 2.75) is 6.54 Å². The Balaban J connectivity index is 0.00000112. The van der Waals surface area contributed by atoms with Crippen molar-refractivity contribution < 1.29 is 0 Å². The summed E-state index contributed by atoms with van der Waals surface area (Å²) >= 11 is 5.71. The highest BCUT2D eigenvalue weighted by Gasteiger charge is 2.10. The average Bonchev–Trinajstić information content (AvgIpc) is 2.19. The van der Waals surface area contributed by atoms with Gasteiger partial charge in [-0.25, -0.2) is 9.97 Å². The van der Waals surface area contributed by atoms with E-state index >= 15 is 0 Å². The van der Waals surface area contributed by atoms with Gasteiger partial charge >= 0.3 is 0 Å². The van der Waals surface area contributed by atoms with E-state index in [4.69, 9.17) is 11.6 Å². The standard InChI is InChI=1S/C9H13ClN4.ClH/c10-9-12-2-1-8(13-9)7-14-5-3-11-4-6-14;/h1-2,11H,3-7H2;1H. The number of hydrogen-bond donors (Lipinski definition) is 1. The lowest BCUT2D eigenvalue weighted by atomic mass is 10.3. The maximum atomic E-state index is 5.71. The second kappa shape index (κ2) is 6.23. The van der Waals surface area contributed by atoms with Gasteiger partial charge in [0.25, 0.3) is 0 Å². The van der Waals surface area contributed by atoms with E-state index in [1.165, 1.54) is 0 Å². The fraction of sp³-hybridized carbons (Fsp3) is 0.556. The minimum atomic E-state index is 0. The van der Waals surface area contributed by atoms with Gasteiger partial charge in [0.2, 0.25) is 5.28 Å². The summed E-state index contributed by atoms with van der Waals surface area (Å²) in [6.07, 6.45) is 1.70. The van der Waals surface area contributed by atoms with Gasteiger partial charge < -0.3 is 5.32 Å². The summed E-state index contributed by atoms with van der Waals surface area (Å²) < 4.78 is 0. The number of nitrogens with zero attached hydrogens (tertiary/aromatic N) is 3. The van der Waals surface area contributed by atoms with E-state index in [-0.39, 0.29) is 12.4 Å². The fourth-order valence-corrected chi connectivity index (χ4v) is 1.72. The van der Waals surface area contributed by atoms with Gasteiger partial charge in [-0.2, -0.15) is 0 Å². The minimum absolute atomic E-state index is 0. The monoisotopic (exact) mass is 248 g/mol. The largest absolute Gasteiger partial charge is 0.314 e. The van der Waals surface area contributed by atoms with Crippen LogP contribution in [0.1, 0.15) is 5.69 Å². The van der Waals surface area contributed by atoms with Gasteiger partial charge in [-0.1, -0.05) is 0 Å². The zero-order valence-electron chi connectivity index (χ0n) is 8.32. The summed E-state index contributed by atoms with van der Waals surface area (Å²) in [5.74, 6) is 0. The van der Waals surface area contributed by atoms with Crippen LogP contribution < -0.4 is 5.32 Å². The molecule has 1 fully saturated rings. The predicted octanol–water partition coefficient (Wildman–Crippen LogP) is 0.957. The highest BCUT2D eigenvalue weighted by Crippen LogP contribution is 2.05. The Labute approximate surface area is 100 Å². The smallest absolute Gasteiger partial charge is 0.222 e. The van der Waals surface area contributed by atoms with Crippen molar-refractivity contribution in [1.29, 1.82) is 0 Å². The number of nitrogens with one attached hydrogen (secondary N) is 1. The molecule has 4 nitrogen and oxygen atoms in total. The third-order valence-corrected chi connectivity index (χ3v) is 2.46. The molecule has 0 aromatic carbocycles. The summed E-state index contributed by atoms with van der Waals surface area (Å²) in [5, 5.41) is 3.64. The van der Waals surface area contributed by atoms with Gasteiger partial charge in [0.1, 0.15) is 0 Å². The van der Waals surface area contributed by atoms with Crippen LogP contribution in [0.5, 0.6) is 0 Å². The first kappa shape index (κ1) is 12.6. The molecule has 1 aliphatic heterocycles. The molecule has 0 amide bonds. The lowest BCUT2D eigenvalue weighted by Crippen LogP contribution is -2.43. The number of halogens is 2. The predicted molar refractivity (Wildman–Crippen MR) is 62.4 cm³/mol. The molecule has 0 spiro atoms. The van der Waals surface area contributed by atoms with Gasteiger partial charge in [-0.05, 0) is 17.7 Å². The molecule has 6 heteroatoms.